The Kier molecular flexibility index (Phi) is 22.6. The normalized spacial score (nSPS) is 12.9. The predicted molar refractivity (Wildman–Crippen MR) is 278 cm³/mol. The number of benzene rings is 2. The summed E-state index contributed by atoms with van der Waals surface area (Å²) in [6.07, 6.45) is -11.0. The van der Waals surface area contributed by atoms with Gasteiger partial charge in [-0.2, -0.15) is 26.3 Å². The number of methoxy groups -OCH3 is 2. The molecule has 2 amide bonds. The van der Waals surface area contributed by atoms with Crippen LogP contribution in [0.25, 0.3) is 44.7 Å². The summed E-state index contributed by atoms with van der Waals surface area (Å²) in [7, 11) is 2.59. The number of nitrogens with zero attached hydrogens (tertiary/aromatic N) is 4. The summed E-state index contributed by atoms with van der Waals surface area (Å²) in [6, 6.07) is 7.58. The first kappa shape index (κ1) is 69.1. The molecule has 28 heteroatoms. The van der Waals surface area contributed by atoms with Crippen molar-refractivity contribution in [3.8, 4) is 34.4 Å². The number of carbonyl (C=O) groups excluding carboxylic acids is 3. The molecule has 82 heavy (non-hydrogen) atoms. The number of rotatable bonds is 15. The van der Waals surface area contributed by atoms with Gasteiger partial charge in [-0.1, -0.05) is 0 Å². The molecule has 0 saturated carbocycles. The minimum absolute atomic E-state index is 0. The van der Waals surface area contributed by atoms with E-state index in [0.29, 0.717) is 0 Å². The van der Waals surface area contributed by atoms with Crippen LogP contribution in [0.5, 0.6) is 11.5 Å². The summed E-state index contributed by atoms with van der Waals surface area (Å²) in [5, 5.41) is 15.5. The molecule has 0 saturated heterocycles. The van der Waals surface area contributed by atoms with Gasteiger partial charge < -0.3 is 63.2 Å². The van der Waals surface area contributed by atoms with Crippen LogP contribution in [0.2, 0.25) is 0 Å². The van der Waals surface area contributed by atoms with E-state index < -0.39 is 88.0 Å². The molecule has 4 heterocycles. The molecule has 0 spiro atoms. The average Bonchev–Trinajstić information content (AvgIpc) is 3.97. The third-order valence-electron chi connectivity index (χ3n) is 10.5. The monoisotopic (exact) mass is 1160 g/mol. The van der Waals surface area contributed by atoms with Gasteiger partial charge in [0.1, 0.15) is 57.2 Å². The number of hydrogen-bond acceptors (Lipinski definition) is 18. The van der Waals surface area contributed by atoms with Crippen LogP contribution in [0, 0.1) is 0 Å². The predicted octanol–water partition coefficient (Wildman–Crippen LogP) is 9.30. The van der Waals surface area contributed by atoms with E-state index in [0.717, 1.165) is 12.1 Å². The number of aromatic carboxylic acids is 1. The third-order valence-corrected chi connectivity index (χ3v) is 10.5. The fraction of sp³-hybridized carbons (Fsp3) is 0.481. The maximum absolute atomic E-state index is 13.4. The molecule has 0 aliphatic carbocycles. The van der Waals surface area contributed by atoms with E-state index in [4.69, 9.17) is 42.0 Å². The van der Waals surface area contributed by atoms with Gasteiger partial charge in [0.2, 0.25) is 11.8 Å². The van der Waals surface area contributed by atoms with E-state index in [1.54, 1.807) is 90.0 Å². The summed E-state index contributed by atoms with van der Waals surface area (Å²) in [5.74, 6) is -2.80. The van der Waals surface area contributed by atoms with Crippen molar-refractivity contribution in [3.05, 3.63) is 82.8 Å². The molecule has 6 aromatic rings. The number of aromatic nitrogens is 4. The second-order valence-electron chi connectivity index (χ2n) is 21.5. The van der Waals surface area contributed by atoms with Crippen molar-refractivity contribution in [2.75, 3.05) is 34.0 Å². The van der Waals surface area contributed by atoms with Crippen LogP contribution >= 0.6 is 0 Å². The maximum Gasteiger partial charge on any atom is 1.00 e. The number of halogens is 6. The second-order valence-corrected chi connectivity index (χ2v) is 21.5. The van der Waals surface area contributed by atoms with Crippen molar-refractivity contribution in [1.82, 2.24) is 30.6 Å². The second kappa shape index (κ2) is 26.8. The van der Waals surface area contributed by atoms with Gasteiger partial charge in [-0.3, -0.25) is 0 Å². The molecule has 0 radical (unpaired) electrons. The quantitative estimate of drug-likeness (QED) is 0.0373. The Bertz CT molecular complexity index is 3210. The number of carboxylic acids is 1. The van der Waals surface area contributed by atoms with Gasteiger partial charge in [0, 0.05) is 21.9 Å². The molecule has 0 aliphatic rings. The number of alkyl carbamates (subject to hydrolysis) is 2. The van der Waals surface area contributed by atoms with E-state index in [9.17, 15) is 50.6 Å². The number of pyridine rings is 2. The fourth-order valence-corrected chi connectivity index (χ4v) is 7.20. The van der Waals surface area contributed by atoms with Crippen molar-refractivity contribution in [2.45, 2.75) is 137 Å². The van der Waals surface area contributed by atoms with Crippen LogP contribution in [0.1, 0.15) is 146 Å². The van der Waals surface area contributed by atoms with Crippen molar-refractivity contribution < 1.29 is 117 Å². The Morgan fingerprint density at radius 3 is 1.24 bits per heavy atom. The minimum atomic E-state index is -4.70. The van der Waals surface area contributed by atoms with Gasteiger partial charge in [0.05, 0.1) is 45.2 Å². The van der Waals surface area contributed by atoms with Crippen LogP contribution in [-0.4, -0.2) is 111 Å². The Morgan fingerprint density at radius 1 is 0.561 bits per heavy atom. The van der Waals surface area contributed by atoms with Crippen molar-refractivity contribution in [3.63, 3.8) is 0 Å². The zero-order chi connectivity index (χ0) is 60.1. The Hall–Kier alpha value is -7.18. The summed E-state index contributed by atoms with van der Waals surface area (Å²) in [6.45, 7) is 22.1. The summed E-state index contributed by atoms with van der Waals surface area (Å²) in [4.78, 5) is 66.3. The Labute approximate surface area is 479 Å². The number of ether oxygens (including phenoxy) is 7. The molecule has 0 aliphatic heterocycles. The number of esters is 1. The van der Waals surface area contributed by atoms with Crippen LogP contribution in [-0.2, 0) is 36.0 Å². The average molecular weight is 1160 g/mol. The van der Waals surface area contributed by atoms with Crippen LogP contribution in [0.4, 0.5) is 35.9 Å². The van der Waals surface area contributed by atoms with Crippen molar-refractivity contribution in [1.29, 1.82) is 0 Å². The first-order valence-corrected chi connectivity index (χ1v) is 24.6. The molecule has 0 fully saturated rings. The molecule has 2 atom stereocenters. The van der Waals surface area contributed by atoms with Gasteiger partial charge >= 0.3 is 55.3 Å². The number of alkyl halides is 6. The molecule has 0 unspecified atom stereocenters. The van der Waals surface area contributed by atoms with Crippen molar-refractivity contribution in [2.24, 2.45) is 0 Å². The van der Waals surface area contributed by atoms with E-state index >= 15 is 0 Å². The molecular formula is C54H65F6LiN6O15. The molecule has 4 N–H and O–H groups in total. The van der Waals surface area contributed by atoms with E-state index in [1.807, 2.05) is 0 Å². The Morgan fingerprint density at radius 2 is 0.927 bits per heavy atom. The summed E-state index contributed by atoms with van der Waals surface area (Å²) in [5.41, 5.74) is -5.78. The zero-order valence-corrected chi connectivity index (χ0v) is 48.2. The molecule has 21 nitrogen and oxygen atoms in total. The third kappa shape index (κ3) is 18.7. The Balaban J connectivity index is 0.000000420. The van der Waals surface area contributed by atoms with Gasteiger partial charge in [0.15, 0.2) is 22.9 Å². The standard InChI is InChI=1S/C28H34F3N3O7.C26H30F3N3O7.Li.H2O/c1-9-38-24(35)21-22(17(14-39-26(2,3)4)32-25(36)41-27(5,6)7)40-23(34-21)16-10-12-18(37-8)20-15(16)11-13-19(33-20)28(29,30)31;1-24(2,3)37-12-15(30-23(35)39-25(4,5)6)20-19(22(33)34)32-21(38-20)14-8-10-16(36-7)18-13(14)9-11-17(31-18)26(27,28)29;;/h10-13,17H,9,14H2,1-8H3,(H,32,36);8-11,15H,12H2,1-7H3,(H,30,35)(H,33,34);;1H2/q;;+1;/p-1/t17-;15-;;/m00../s1. The first-order valence-electron chi connectivity index (χ1n) is 24.6. The molecular weight excluding hydrogens is 1090 g/mol. The largest absolute Gasteiger partial charge is 1.00 e. The fourth-order valence-electron chi connectivity index (χ4n) is 7.20. The molecule has 444 valence electrons. The maximum atomic E-state index is 13.4. The van der Waals surface area contributed by atoms with Crippen LogP contribution < -0.4 is 39.0 Å². The van der Waals surface area contributed by atoms with Crippen LogP contribution in [0.15, 0.2) is 57.4 Å². The number of hydrogen-bond donors (Lipinski definition) is 3. The first-order chi connectivity index (χ1) is 36.8. The van der Waals surface area contributed by atoms with E-state index in [2.05, 4.69) is 30.6 Å². The SMILES string of the molecule is CCOC(=O)c1nc(-c2ccc(OC)c3nc(C(F)(F)F)ccc23)oc1[C@H](COC(C)(C)C)NC(=O)OC(C)(C)C.COc1ccc(-c2nc(C(=O)O)c([C@H](COC(C)(C)C)NC(=O)OC(C)(C)C)o2)c2ccc(C(F)(F)F)nc12.[Li+].[OH-]. The van der Waals surface area contributed by atoms with E-state index in [1.165, 1.54) is 50.6 Å². The van der Waals surface area contributed by atoms with Gasteiger partial charge in [-0.25, -0.2) is 39.1 Å². The number of amides is 2. The van der Waals surface area contributed by atoms with E-state index in [-0.39, 0.29) is 118 Å². The number of nitrogens with one attached hydrogen (secondary N) is 2. The van der Waals surface area contributed by atoms with Crippen molar-refractivity contribution >= 4 is 45.9 Å². The number of fused-ring (bicyclic) bond motifs is 2. The molecule has 0 bridgehead atoms. The minimum Gasteiger partial charge on any atom is -0.870 e. The molecule has 4 aromatic heterocycles. The molecule has 6 rings (SSSR count). The smallest absolute Gasteiger partial charge is 0.870 e. The number of oxazole rings is 2. The topological polar surface area (TPSA) is 285 Å². The van der Waals surface area contributed by atoms with Gasteiger partial charge in [-0.05, 0) is 139 Å². The van der Waals surface area contributed by atoms with Crippen LogP contribution in [0.3, 0.4) is 0 Å². The molecule has 2 aromatic carbocycles. The number of carbonyl (C=O) groups is 4. The van der Waals surface area contributed by atoms with Gasteiger partial charge in [0.25, 0.3) is 0 Å². The summed E-state index contributed by atoms with van der Waals surface area (Å²) < 4.78 is 130. The zero-order valence-electron chi connectivity index (χ0n) is 48.2. The number of carboxylic acid groups (broad SMARTS) is 1. The summed E-state index contributed by atoms with van der Waals surface area (Å²) >= 11 is 0. The van der Waals surface area contributed by atoms with Gasteiger partial charge in [-0.15, -0.1) is 0 Å².